The highest BCUT2D eigenvalue weighted by Gasteiger charge is 2.57. The normalized spacial score (nSPS) is 49.7. The summed E-state index contributed by atoms with van der Waals surface area (Å²) in [5, 5.41) is 168. The fraction of sp³-hybridized carbons (Fsp3) is 0.970. The summed E-state index contributed by atoms with van der Waals surface area (Å²) in [7, 11) is 0. The Morgan fingerprint density at radius 3 is 1.15 bits per heavy atom. The molecule has 0 aromatic carbocycles. The van der Waals surface area contributed by atoms with Crippen LogP contribution in [0.4, 0.5) is 0 Å². The van der Waals surface area contributed by atoms with Gasteiger partial charge in [0, 0.05) is 0 Å². The molecule has 0 aromatic heterocycles. The molecule has 0 radical (unpaired) electrons. The highest BCUT2D eigenvalue weighted by molar-refractivity contribution is 5.73. The summed E-state index contributed by atoms with van der Waals surface area (Å²) >= 11 is 0. The highest BCUT2D eigenvalue weighted by atomic mass is 16.8. The predicted octanol–water partition coefficient (Wildman–Crippen LogP) is -11.5. The fourth-order valence-corrected chi connectivity index (χ4v) is 7.41. The zero-order valence-corrected chi connectivity index (χ0v) is 32.1. The molecule has 356 valence electrons. The van der Waals surface area contributed by atoms with E-state index in [1.165, 1.54) is 0 Å². The maximum atomic E-state index is 12.2. The first-order chi connectivity index (χ1) is 28.9. The average Bonchev–Trinajstić information content (AvgIpc) is 3.24. The Hall–Kier alpha value is -1.57. The molecule has 10 unspecified atom stereocenters. The van der Waals surface area contributed by atoms with Crippen LogP contribution in [0.25, 0.3) is 0 Å². The van der Waals surface area contributed by atoms with Gasteiger partial charge in [-0.3, -0.25) is 0 Å². The fourth-order valence-electron chi connectivity index (χ4n) is 7.41. The summed E-state index contributed by atoms with van der Waals surface area (Å²) < 4.78 is 54.7. The highest BCUT2D eigenvalue weighted by Crippen LogP contribution is 2.35. The maximum Gasteiger partial charge on any atom is 0.335 e. The van der Waals surface area contributed by atoms with Gasteiger partial charge in [0.15, 0.2) is 37.6 Å². The first kappa shape index (κ1) is 50.4. The number of carbonyl (C=O) groups is 1. The molecule has 0 amide bonds. The second kappa shape index (κ2) is 22.1. The zero-order chi connectivity index (χ0) is 45.0. The van der Waals surface area contributed by atoms with Gasteiger partial charge in [0.1, 0.15) is 116 Å². The third-order valence-corrected chi connectivity index (χ3v) is 10.9. The number of hydrogen-bond donors (Lipinski definition) is 17. The number of hydrogen-bond acceptors (Lipinski definition) is 27. The average molecular weight is 900 g/mol. The van der Waals surface area contributed by atoms with E-state index < -0.39 is 186 Å². The standard InChI is InChI=1S/C33H57NO27/c34-2-1-3-52-29-19(46)14(41)23(9(5-36)54-29)57-31-20(47)15(42)24(10(6-37)55-31)58-32-21(48)16(43)25(11(7-38)56-32)59-33-22(49)17(44)26(27(61-33)28(50)51)60-30-18(45)13(40)12(39)8(4-35)53-30/h8-27,29-33,35-49H,1-7,34H2,(H,50,51)/t8?,9?,10?,11?,12-,13-,14+,15+,16?,17?,18?,19?,20?,21-,22-,23-,24+,25+,26-,27?,29-,30+,31+,32-,33+/m0/s1. The number of aliphatic carboxylic acids is 1. The lowest BCUT2D eigenvalue weighted by atomic mass is 9.95. The molecule has 25 atom stereocenters. The summed E-state index contributed by atoms with van der Waals surface area (Å²) in [5.41, 5.74) is 5.43. The molecule has 28 heteroatoms. The van der Waals surface area contributed by atoms with Gasteiger partial charge in [0.2, 0.25) is 0 Å². The van der Waals surface area contributed by atoms with Gasteiger partial charge in [0.05, 0.1) is 33.0 Å². The van der Waals surface area contributed by atoms with Crippen molar-refractivity contribution in [2.45, 2.75) is 160 Å². The van der Waals surface area contributed by atoms with Crippen molar-refractivity contribution >= 4 is 5.97 Å². The van der Waals surface area contributed by atoms with E-state index in [0.717, 1.165) is 0 Å². The van der Waals surface area contributed by atoms with Crippen LogP contribution in [-0.4, -0.2) is 281 Å². The molecule has 0 spiro atoms. The van der Waals surface area contributed by atoms with E-state index in [2.05, 4.69) is 0 Å². The minimum atomic E-state index is -2.25. The lowest BCUT2D eigenvalue weighted by molar-refractivity contribution is -0.391. The Morgan fingerprint density at radius 2 is 0.754 bits per heavy atom. The molecule has 5 heterocycles. The van der Waals surface area contributed by atoms with Crippen molar-refractivity contribution in [3.05, 3.63) is 0 Å². The summed E-state index contributed by atoms with van der Waals surface area (Å²) in [5.74, 6) is -1.84. The van der Waals surface area contributed by atoms with Gasteiger partial charge < -0.3 is 135 Å². The summed E-state index contributed by atoms with van der Waals surface area (Å²) in [6, 6.07) is 0. The summed E-state index contributed by atoms with van der Waals surface area (Å²) in [4.78, 5) is 12.2. The zero-order valence-electron chi connectivity index (χ0n) is 32.1. The SMILES string of the molecule is NCCCO[C@H]1OC(CO)[C@H](O[C@H]2OC(CO)[C@@H](O[C@@H]3OC(CO)[C@@H](O[C@@H]4OC(C(=O)O)[C@@H](O[C@H]5OC(CO)[C@H](O)[C@H](O)C5O)C(O)[C@@H]4O)C(O)[C@@H]3O)[C@H](O)C2O)[C@H](O)C1O. The van der Waals surface area contributed by atoms with Crippen LogP contribution in [0, 0.1) is 0 Å². The molecule has 0 aliphatic carbocycles. The lowest BCUT2D eigenvalue weighted by Crippen LogP contribution is -2.68. The van der Waals surface area contributed by atoms with Gasteiger partial charge in [-0.25, -0.2) is 4.79 Å². The number of rotatable bonds is 17. The Balaban J connectivity index is 1.23. The Bertz CT molecular complexity index is 1350. The molecule has 5 rings (SSSR count). The van der Waals surface area contributed by atoms with E-state index in [1.807, 2.05) is 0 Å². The Labute approximate surface area is 345 Å². The number of aliphatic hydroxyl groups is 15. The third-order valence-electron chi connectivity index (χ3n) is 10.9. The molecule has 28 nitrogen and oxygen atoms in total. The first-order valence-electron chi connectivity index (χ1n) is 19.3. The molecule has 0 aromatic rings. The van der Waals surface area contributed by atoms with Crippen molar-refractivity contribution in [3.63, 3.8) is 0 Å². The molecule has 61 heavy (non-hydrogen) atoms. The van der Waals surface area contributed by atoms with Crippen molar-refractivity contribution in [2.75, 3.05) is 39.6 Å². The molecule has 5 aliphatic rings. The Kier molecular flexibility index (Phi) is 18.3. The van der Waals surface area contributed by atoms with Gasteiger partial charge in [-0.15, -0.1) is 0 Å². The van der Waals surface area contributed by atoms with Crippen LogP contribution >= 0.6 is 0 Å². The van der Waals surface area contributed by atoms with E-state index in [4.69, 9.17) is 53.1 Å². The number of ether oxygens (including phenoxy) is 10. The molecule has 0 bridgehead atoms. The molecular weight excluding hydrogens is 842 g/mol. The molecule has 5 aliphatic heterocycles. The van der Waals surface area contributed by atoms with Gasteiger partial charge in [-0.05, 0) is 13.0 Å². The van der Waals surface area contributed by atoms with Crippen LogP contribution < -0.4 is 5.73 Å². The molecule has 0 saturated carbocycles. The van der Waals surface area contributed by atoms with E-state index in [1.54, 1.807) is 0 Å². The molecule has 5 saturated heterocycles. The van der Waals surface area contributed by atoms with Crippen molar-refractivity contribution in [1.29, 1.82) is 0 Å². The quantitative estimate of drug-likeness (QED) is 0.0603. The predicted molar refractivity (Wildman–Crippen MR) is 184 cm³/mol. The van der Waals surface area contributed by atoms with Crippen molar-refractivity contribution in [2.24, 2.45) is 5.73 Å². The number of carboxylic acid groups (broad SMARTS) is 1. The monoisotopic (exact) mass is 899 g/mol. The summed E-state index contributed by atoms with van der Waals surface area (Å²) in [6.45, 7) is -3.38. The minimum absolute atomic E-state index is 0.0408. The van der Waals surface area contributed by atoms with E-state index >= 15 is 0 Å². The molecule has 5 fully saturated rings. The Morgan fingerprint density at radius 1 is 0.426 bits per heavy atom. The minimum Gasteiger partial charge on any atom is -0.479 e. The van der Waals surface area contributed by atoms with Crippen LogP contribution in [-0.2, 0) is 52.2 Å². The van der Waals surface area contributed by atoms with E-state index in [-0.39, 0.29) is 13.2 Å². The van der Waals surface area contributed by atoms with Crippen LogP contribution in [0.2, 0.25) is 0 Å². The molecular formula is C33H57NO27. The largest absolute Gasteiger partial charge is 0.479 e. The number of nitrogens with two attached hydrogens (primary N) is 1. The van der Waals surface area contributed by atoms with Gasteiger partial charge in [-0.2, -0.15) is 0 Å². The number of aliphatic hydroxyl groups excluding tert-OH is 15. The van der Waals surface area contributed by atoms with Crippen LogP contribution in [0.15, 0.2) is 0 Å². The van der Waals surface area contributed by atoms with E-state index in [9.17, 15) is 86.5 Å². The molecule has 18 N–H and O–H groups in total. The van der Waals surface area contributed by atoms with E-state index in [0.29, 0.717) is 6.42 Å². The third kappa shape index (κ3) is 10.8. The van der Waals surface area contributed by atoms with Gasteiger partial charge >= 0.3 is 5.97 Å². The summed E-state index contributed by atoms with van der Waals surface area (Å²) in [6.07, 6.45) is -47.2. The second-order valence-electron chi connectivity index (χ2n) is 15.0. The second-order valence-corrected chi connectivity index (χ2v) is 15.0. The van der Waals surface area contributed by atoms with Gasteiger partial charge in [0.25, 0.3) is 0 Å². The lowest BCUT2D eigenvalue weighted by Gasteiger charge is -2.49. The van der Waals surface area contributed by atoms with Crippen LogP contribution in [0.1, 0.15) is 6.42 Å². The maximum absolute atomic E-state index is 12.2. The smallest absolute Gasteiger partial charge is 0.335 e. The van der Waals surface area contributed by atoms with Crippen molar-refractivity contribution in [1.82, 2.24) is 0 Å². The topological polar surface area (TPSA) is 459 Å². The van der Waals surface area contributed by atoms with Crippen LogP contribution in [0.5, 0.6) is 0 Å². The first-order valence-corrected chi connectivity index (χ1v) is 19.3. The van der Waals surface area contributed by atoms with Crippen molar-refractivity contribution < 1.29 is 134 Å². The van der Waals surface area contributed by atoms with Crippen molar-refractivity contribution in [3.8, 4) is 0 Å². The van der Waals surface area contributed by atoms with Crippen LogP contribution in [0.3, 0.4) is 0 Å². The number of carboxylic acids is 1. The van der Waals surface area contributed by atoms with Gasteiger partial charge in [-0.1, -0.05) is 0 Å².